The Hall–Kier alpha value is -2.28. The van der Waals surface area contributed by atoms with Crippen molar-refractivity contribution in [1.82, 2.24) is 25.0 Å². The van der Waals surface area contributed by atoms with Gasteiger partial charge in [-0.1, -0.05) is 17.7 Å². The summed E-state index contributed by atoms with van der Waals surface area (Å²) in [6.07, 6.45) is 1.75. The molecule has 1 aromatic heterocycles. The molecule has 0 radical (unpaired) electrons. The molecule has 26 heavy (non-hydrogen) atoms. The Labute approximate surface area is 159 Å². The third-order valence-electron chi connectivity index (χ3n) is 4.49. The number of benzene rings is 1. The first-order valence-corrected chi connectivity index (χ1v) is 9.49. The van der Waals surface area contributed by atoms with Gasteiger partial charge in [-0.25, -0.2) is 4.99 Å². The third kappa shape index (κ3) is 4.46. The van der Waals surface area contributed by atoms with Gasteiger partial charge in [0, 0.05) is 50.0 Å². The van der Waals surface area contributed by atoms with Crippen molar-refractivity contribution in [2.75, 3.05) is 37.6 Å². The molecule has 2 aromatic rings. The van der Waals surface area contributed by atoms with Crippen LogP contribution in [0.1, 0.15) is 19.7 Å². The van der Waals surface area contributed by atoms with Crippen molar-refractivity contribution in [3.05, 3.63) is 41.4 Å². The number of aromatic nitrogens is 3. The van der Waals surface area contributed by atoms with E-state index in [1.807, 2.05) is 22.8 Å². The number of anilines is 1. The van der Waals surface area contributed by atoms with E-state index >= 15 is 0 Å². The molecule has 1 aliphatic heterocycles. The molecule has 140 valence electrons. The van der Waals surface area contributed by atoms with Crippen molar-refractivity contribution in [3.63, 3.8) is 0 Å². The fourth-order valence-electron chi connectivity index (χ4n) is 3.09. The molecule has 0 bridgehead atoms. The predicted octanol–water partition coefficient (Wildman–Crippen LogP) is 2.24. The van der Waals surface area contributed by atoms with E-state index in [2.05, 4.69) is 45.2 Å². The highest BCUT2D eigenvalue weighted by Crippen LogP contribution is 2.20. The van der Waals surface area contributed by atoms with Crippen LogP contribution in [0.25, 0.3) is 0 Å². The van der Waals surface area contributed by atoms with Crippen LogP contribution in [0.2, 0.25) is 5.02 Å². The number of hydrogen-bond donors (Lipinski definition) is 1. The number of nitrogens with zero attached hydrogens (tertiary/aromatic N) is 6. The van der Waals surface area contributed by atoms with Crippen LogP contribution in [-0.4, -0.2) is 58.3 Å². The van der Waals surface area contributed by atoms with Crippen LogP contribution >= 0.6 is 11.6 Å². The van der Waals surface area contributed by atoms with Crippen molar-refractivity contribution >= 4 is 23.2 Å². The van der Waals surface area contributed by atoms with Crippen LogP contribution in [-0.2, 0) is 13.1 Å². The Kier molecular flexibility index (Phi) is 6.33. The zero-order valence-electron chi connectivity index (χ0n) is 15.4. The number of hydrogen-bond acceptors (Lipinski definition) is 4. The average Bonchev–Trinajstić information content (AvgIpc) is 3.13. The number of nitrogens with one attached hydrogen (secondary N) is 1. The lowest BCUT2D eigenvalue weighted by Crippen LogP contribution is -2.52. The summed E-state index contributed by atoms with van der Waals surface area (Å²) in [6, 6.07) is 8.04. The molecule has 2 heterocycles. The first-order valence-electron chi connectivity index (χ1n) is 9.11. The van der Waals surface area contributed by atoms with Crippen molar-refractivity contribution in [2.45, 2.75) is 26.9 Å². The molecule has 1 aromatic carbocycles. The number of rotatable bonds is 5. The minimum Gasteiger partial charge on any atom is -0.368 e. The van der Waals surface area contributed by atoms with Gasteiger partial charge >= 0.3 is 0 Å². The largest absolute Gasteiger partial charge is 0.368 e. The fourth-order valence-corrected chi connectivity index (χ4v) is 3.27. The number of halogens is 1. The third-order valence-corrected chi connectivity index (χ3v) is 4.73. The summed E-state index contributed by atoms with van der Waals surface area (Å²) in [5, 5.41) is 12.3. The summed E-state index contributed by atoms with van der Waals surface area (Å²) >= 11 is 6.12. The highest BCUT2D eigenvalue weighted by molar-refractivity contribution is 6.30. The van der Waals surface area contributed by atoms with Crippen LogP contribution in [0.4, 0.5) is 5.69 Å². The van der Waals surface area contributed by atoms with E-state index in [9.17, 15) is 0 Å². The molecule has 0 spiro atoms. The summed E-state index contributed by atoms with van der Waals surface area (Å²) in [4.78, 5) is 9.43. The highest BCUT2D eigenvalue weighted by Gasteiger charge is 2.20. The van der Waals surface area contributed by atoms with Gasteiger partial charge in [-0.15, -0.1) is 10.2 Å². The van der Waals surface area contributed by atoms with Crippen molar-refractivity contribution in [3.8, 4) is 0 Å². The molecule has 8 heteroatoms. The molecule has 1 N–H and O–H groups in total. The van der Waals surface area contributed by atoms with Crippen LogP contribution < -0.4 is 10.2 Å². The first kappa shape index (κ1) is 18.5. The van der Waals surface area contributed by atoms with Gasteiger partial charge in [0.05, 0.1) is 0 Å². The molecule has 0 atom stereocenters. The zero-order chi connectivity index (χ0) is 18.4. The lowest BCUT2D eigenvalue weighted by molar-refractivity contribution is 0.372. The maximum absolute atomic E-state index is 6.12. The van der Waals surface area contributed by atoms with E-state index in [0.29, 0.717) is 6.54 Å². The Morgan fingerprint density at radius 2 is 2.04 bits per heavy atom. The summed E-state index contributed by atoms with van der Waals surface area (Å²) in [5.74, 6) is 1.82. The quantitative estimate of drug-likeness (QED) is 0.641. The van der Waals surface area contributed by atoms with Gasteiger partial charge in [0.25, 0.3) is 0 Å². The smallest absolute Gasteiger partial charge is 0.194 e. The summed E-state index contributed by atoms with van der Waals surface area (Å²) in [5.41, 5.74) is 1.18. The minimum atomic E-state index is 0.532. The van der Waals surface area contributed by atoms with Crippen LogP contribution in [0.15, 0.2) is 35.6 Å². The number of aliphatic imine (C=N–C) groups is 1. The minimum absolute atomic E-state index is 0.532. The molecule has 1 fully saturated rings. The van der Waals surface area contributed by atoms with E-state index in [1.165, 1.54) is 5.69 Å². The van der Waals surface area contributed by atoms with E-state index in [0.717, 1.165) is 56.1 Å². The van der Waals surface area contributed by atoms with Crippen LogP contribution in [0.3, 0.4) is 0 Å². The lowest BCUT2D eigenvalue weighted by atomic mass is 10.2. The number of aryl methyl sites for hydroxylation is 1. The Morgan fingerprint density at radius 1 is 1.23 bits per heavy atom. The summed E-state index contributed by atoms with van der Waals surface area (Å²) in [7, 11) is 0. The van der Waals surface area contributed by atoms with Crippen LogP contribution in [0, 0.1) is 0 Å². The molecule has 0 saturated carbocycles. The van der Waals surface area contributed by atoms with E-state index in [4.69, 9.17) is 16.6 Å². The fraction of sp³-hybridized carbons (Fsp3) is 0.500. The average molecular weight is 376 g/mol. The van der Waals surface area contributed by atoms with Gasteiger partial charge in [0.1, 0.15) is 12.9 Å². The van der Waals surface area contributed by atoms with Crippen molar-refractivity contribution < 1.29 is 0 Å². The monoisotopic (exact) mass is 375 g/mol. The highest BCUT2D eigenvalue weighted by atomic mass is 35.5. The Bertz CT molecular complexity index is 735. The van der Waals surface area contributed by atoms with Crippen molar-refractivity contribution in [2.24, 2.45) is 4.99 Å². The molecule has 0 aliphatic carbocycles. The molecular formula is C18H26ClN7. The molecule has 0 amide bonds. The molecule has 1 aliphatic rings. The first-order chi connectivity index (χ1) is 12.7. The standard InChI is InChI=1S/C18H26ClN7/c1-3-20-18(21-13-17-23-22-14-24(17)4-2)26-10-8-25(9-11-26)16-7-5-6-15(19)12-16/h5-7,12,14H,3-4,8-11,13H2,1-2H3,(H,20,21). The molecule has 3 rings (SSSR count). The maximum Gasteiger partial charge on any atom is 0.194 e. The Balaban J connectivity index is 1.63. The topological polar surface area (TPSA) is 61.6 Å². The van der Waals surface area contributed by atoms with E-state index in [-0.39, 0.29) is 0 Å². The van der Waals surface area contributed by atoms with Gasteiger partial charge < -0.3 is 19.7 Å². The predicted molar refractivity (Wildman–Crippen MR) is 106 cm³/mol. The molecule has 7 nitrogen and oxygen atoms in total. The van der Waals surface area contributed by atoms with Gasteiger partial charge in [-0.3, -0.25) is 0 Å². The van der Waals surface area contributed by atoms with Gasteiger partial charge in [0.15, 0.2) is 11.8 Å². The second-order valence-corrected chi connectivity index (χ2v) is 6.59. The second-order valence-electron chi connectivity index (χ2n) is 6.16. The lowest BCUT2D eigenvalue weighted by Gasteiger charge is -2.37. The normalized spacial score (nSPS) is 15.4. The summed E-state index contributed by atoms with van der Waals surface area (Å²) < 4.78 is 2.02. The number of piperazine rings is 1. The molecule has 1 saturated heterocycles. The molecular weight excluding hydrogens is 350 g/mol. The van der Waals surface area contributed by atoms with Crippen molar-refractivity contribution in [1.29, 1.82) is 0 Å². The maximum atomic E-state index is 6.12. The zero-order valence-corrected chi connectivity index (χ0v) is 16.2. The number of guanidine groups is 1. The second kappa shape index (κ2) is 8.89. The van der Waals surface area contributed by atoms with Gasteiger partial charge in [-0.2, -0.15) is 0 Å². The van der Waals surface area contributed by atoms with E-state index in [1.54, 1.807) is 6.33 Å². The Morgan fingerprint density at radius 3 is 2.73 bits per heavy atom. The summed E-state index contributed by atoms with van der Waals surface area (Å²) in [6.45, 7) is 10.1. The van der Waals surface area contributed by atoms with Gasteiger partial charge in [0.2, 0.25) is 0 Å². The van der Waals surface area contributed by atoms with E-state index < -0.39 is 0 Å². The SMILES string of the molecule is CCNC(=NCc1nncn1CC)N1CCN(c2cccc(Cl)c2)CC1. The molecule has 0 unspecified atom stereocenters. The van der Waals surface area contributed by atoms with Crippen LogP contribution in [0.5, 0.6) is 0 Å². The van der Waals surface area contributed by atoms with Gasteiger partial charge in [-0.05, 0) is 32.0 Å².